The average Bonchev–Trinajstić information content (AvgIpc) is 3.40. The first kappa shape index (κ1) is 28.4. The molecule has 0 saturated carbocycles. The predicted molar refractivity (Wildman–Crippen MR) is 151 cm³/mol. The van der Waals surface area contributed by atoms with Crippen LogP contribution in [-0.4, -0.2) is 70.1 Å². The number of aromatic nitrogens is 1. The molecule has 39 heavy (non-hydrogen) atoms. The largest absolute Gasteiger partial charge is 0.496 e. The van der Waals surface area contributed by atoms with Crippen molar-refractivity contribution < 1.29 is 24.2 Å². The summed E-state index contributed by atoms with van der Waals surface area (Å²) in [6.45, 7) is 6.06. The van der Waals surface area contributed by atoms with Crippen molar-refractivity contribution in [3.8, 4) is 5.75 Å². The summed E-state index contributed by atoms with van der Waals surface area (Å²) in [5.41, 5.74) is 1.89. The molecule has 0 spiro atoms. The number of hydrogen-bond acceptors (Lipinski definition) is 6. The molecule has 11 heteroatoms. The van der Waals surface area contributed by atoms with Gasteiger partial charge in [-0.2, -0.15) is 0 Å². The summed E-state index contributed by atoms with van der Waals surface area (Å²) in [4.78, 5) is 47.2. The van der Waals surface area contributed by atoms with Gasteiger partial charge in [-0.1, -0.05) is 44.5 Å². The van der Waals surface area contributed by atoms with E-state index in [1.165, 1.54) is 21.1 Å². The molecule has 9 nitrogen and oxygen atoms in total. The number of carboxylic acids is 1. The number of rotatable bonds is 6. The molecule has 1 atom stereocenters. The summed E-state index contributed by atoms with van der Waals surface area (Å²) in [6.07, 6.45) is -0.0598. The molecule has 2 aromatic carbocycles. The molecule has 0 bridgehead atoms. The molecular formula is C28H31ClN4O5S. The van der Waals surface area contributed by atoms with Crippen LogP contribution in [-0.2, 0) is 16.6 Å². The number of aliphatic carboxylic acids is 1. The smallest absolute Gasteiger partial charge is 0.331 e. The summed E-state index contributed by atoms with van der Waals surface area (Å²) in [7, 11) is 1.54. The highest BCUT2D eigenvalue weighted by atomic mass is 35.5. The number of ether oxygens (including phenoxy) is 1. The van der Waals surface area contributed by atoms with E-state index in [1.807, 2.05) is 26.8 Å². The molecule has 1 fully saturated rings. The van der Waals surface area contributed by atoms with Crippen LogP contribution in [0.5, 0.6) is 5.75 Å². The molecule has 2 N–H and O–H groups in total. The van der Waals surface area contributed by atoms with Gasteiger partial charge in [0.1, 0.15) is 5.75 Å². The highest BCUT2D eigenvalue weighted by Gasteiger charge is 2.52. The predicted octanol–water partition coefficient (Wildman–Crippen LogP) is 5.16. The average molecular weight is 571 g/mol. The summed E-state index contributed by atoms with van der Waals surface area (Å²) in [5, 5.41) is 15.6. The van der Waals surface area contributed by atoms with Crippen LogP contribution in [0, 0.1) is 0 Å². The number of anilines is 1. The van der Waals surface area contributed by atoms with Gasteiger partial charge in [-0.25, -0.2) is 14.6 Å². The molecule has 1 saturated heterocycles. The zero-order chi connectivity index (χ0) is 28.4. The van der Waals surface area contributed by atoms with Gasteiger partial charge in [0.05, 0.1) is 24.9 Å². The molecule has 1 aromatic heterocycles. The lowest BCUT2D eigenvalue weighted by atomic mass is 9.85. The maximum absolute atomic E-state index is 13.9. The Balaban J connectivity index is 1.69. The Morgan fingerprint density at radius 2 is 1.95 bits per heavy atom. The summed E-state index contributed by atoms with van der Waals surface area (Å²) in [5.74, 6) is -1.13. The van der Waals surface area contributed by atoms with E-state index in [-0.39, 0.29) is 31.5 Å². The van der Waals surface area contributed by atoms with Crippen LogP contribution >= 0.6 is 22.9 Å². The second-order valence-corrected chi connectivity index (χ2v) is 11.6. The summed E-state index contributed by atoms with van der Waals surface area (Å²) in [6, 6.07) is 11.4. The highest BCUT2D eigenvalue weighted by Crippen LogP contribution is 2.34. The number of carboxylic acid groups (broad SMARTS) is 1. The number of benzene rings is 2. The standard InChI is InChI=1S/C28H31ClN4O5S/c1-27(2,3)22-9-8-18(12-23(22)38-4)24(34)33-11-10-32(26(37)31-20-7-5-6-19(29)13-20)16-28(33,25(35)36)14-21-15-39-17-30-21/h5-9,12-13,15,17H,10-11,14,16H2,1-4H3,(H,31,37)(H,35,36). The fourth-order valence-electron chi connectivity index (χ4n) is 4.79. The van der Waals surface area contributed by atoms with Gasteiger partial charge in [0.25, 0.3) is 5.91 Å². The van der Waals surface area contributed by atoms with Crippen molar-refractivity contribution in [1.82, 2.24) is 14.8 Å². The normalized spacial score (nSPS) is 17.6. The third kappa shape index (κ3) is 6.02. The fourth-order valence-corrected chi connectivity index (χ4v) is 5.54. The molecule has 3 amide bonds. The van der Waals surface area contributed by atoms with Crippen molar-refractivity contribution in [2.45, 2.75) is 38.1 Å². The topological polar surface area (TPSA) is 112 Å². The minimum absolute atomic E-state index is 0.0155. The molecular weight excluding hydrogens is 540 g/mol. The molecule has 1 aliphatic heterocycles. The maximum Gasteiger partial charge on any atom is 0.331 e. The van der Waals surface area contributed by atoms with Crippen molar-refractivity contribution in [3.05, 3.63) is 75.2 Å². The van der Waals surface area contributed by atoms with Crippen LogP contribution in [0.2, 0.25) is 5.02 Å². The number of carbonyl (C=O) groups is 3. The van der Waals surface area contributed by atoms with Crippen molar-refractivity contribution in [1.29, 1.82) is 0 Å². The Morgan fingerprint density at radius 3 is 2.56 bits per heavy atom. The van der Waals surface area contributed by atoms with E-state index < -0.39 is 23.4 Å². The van der Waals surface area contributed by atoms with Crippen molar-refractivity contribution in [2.24, 2.45) is 0 Å². The van der Waals surface area contributed by atoms with Gasteiger partial charge in [-0.15, -0.1) is 11.3 Å². The van der Waals surface area contributed by atoms with Crippen molar-refractivity contribution in [3.63, 3.8) is 0 Å². The Hall–Kier alpha value is -3.63. The van der Waals surface area contributed by atoms with Gasteiger partial charge in [0.2, 0.25) is 0 Å². The number of methoxy groups -OCH3 is 1. The number of halogens is 1. The third-order valence-electron chi connectivity index (χ3n) is 6.78. The Kier molecular flexibility index (Phi) is 8.17. The number of carbonyl (C=O) groups excluding carboxylic acids is 2. The number of piperazine rings is 1. The zero-order valence-electron chi connectivity index (χ0n) is 22.2. The summed E-state index contributed by atoms with van der Waals surface area (Å²) >= 11 is 7.38. The lowest BCUT2D eigenvalue weighted by molar-refractivity contribution is -0.153. The Morgan fingerprint density at radius 1 is 1.18 bits per heavy atom. The Labute approximate surface area is 236 Å². The molecule has 1 aliphatic rings. The van der Waals surface area contributed by atoms with Crippen molar-refractivity contribution >= 4 is 46.5 Å². The molecule has 206 valence electrons. The lowest BCUT2D eigenvalue weighted by Gasteiger charge is -2.47. The zero-order valence-corrected chi connectivity index (χ0v) is 23.8. The van der Waals surface area contributed by atoms with E-state index in [4.69, 9.17) is 16.3 Å². The number of hydrogen-bond donors (Lipinski definition) is 2. The monoisotopic (exact) mass is 570 g/mol. The van der Waals surface area contributed by atoms with E-state index in [0.717, 1.165) is 5.56 Å². The minimum Gasteiger partial charge on any atom is -0.496 e. The van der Waals surface area contributed by atoms with Crippen LogP contribution in [0.25, 0.3) is 0 Å². The van der Waals surface area contributed by atoms with Gasteiger partial charge < -0.3 is 25.0 Å². The van der Waals surface area contributed by atoms with E-state index in [1.54, 1.807) is 54.4 Å². The molecule has 1 unspecified atom stereocenters. The number of urea groups is 1. The molecule has 0 radical (unpaired) electrons. The molecule has 4 rings (SSSR count). The van der Waals surface area contributed by atoms with Gasteiger partial charge >= 0.3 is 12.0 Å². The van der Waals surface area contributed by atoms with Crippen LogP contribution in [0.15, 0.2) is 53.4 Å². The second-order valence-electron chi connectivity index (χ2n) is 10.5. The first-order chi connectivity index (χ1) is 18.4. The number of nitrogens with one attached hydrogen (secondary N) is 1. The number of nitrogens with zero attached hydrogens (tertiary/aromatic N) is 3. The SMILES string of the molecule is COc1cc(C(=O)N2CCN(C(=O)Nc3cccc(Cl)c3)CC2(Cc2cscn2)C(=O)O)ccc1C(C)(C)C. The third-order valence-corrected chi connectivity index (χ3v) is 7.65. The van der Waals surface area contributed by atoms with Crippen LogP contribution in [0.1, 0.15) is 42.4 Å². The van der Waals surface area contributed by atoms with Gasteiger partial charge in [-0.05, 0) is 41.3 Å². The molecule has 2 heterocycles. The van der Waals surface area contributed by atoms with E-state index >= 15 is 0 Å². The van der Waals surface area contributed by atoms with E-state index in [2.05, 4.69) is 10.3 Å². The van der Waals surface area contributed by atoms with E-state index in [0.29, 0.717) is 27.7 Å². The van der Waals surface area contributed by atoms with Gasteiger partial charge in [-0.3, -0.25) is 4.79 Å². The number of amides is 3. The second kappa shape index (κ2) is 11.2. The summed E-state index contributed by atoms with van der Waals surface area (Å²) < 4.78 is 5.58. The van der Waals surface area contributed by atoms with Crippen LogP contribution in [0.4, 0.5) is 10.5 Å². The number of thiazole rings is 1. The van der Waals surface area contributed by atoms with Gasteiger partial charge in [0, 0.05) is 41.2 Å². The first-order valence-electron chi connectivity index (χ1n) is 12.4. The minimum atomic E-state index is -1.75. The molecule has 0 aliphatic carbocycles. The first-order valence-corrected chi connectivity index (χ1v) is 13.7. The highest BCUT2D eigenvalue weighted by molar-refractivity contribution is 7.07. The quantitative estimate of drug-likeness (QED) is 0.423. The van der Waals surface area contributed by atoms with Crippen molar-refractivity contribution in [2.75, 3.05) is 32.1 Å². The van der Waals surface area contributed by atoms with Gasteiger partial charge in [0.15, 0.2) is 5.54 Å². The molecule has 3 aromatic rings. The maximum atomic E-state index is 13.9. The fraction of sp³-hybridized carbons (Fsp3) is 0.357. The van der Waals surface area contributed by atoms with E-state index in [9.17, 15) is 19.5 Å². The van der Waals surface area contributed by atoms with Crippen LogP contribution < -0.4 is 10.1 Å². The Bertz CT molecular complexity index is 1370. The lowest BCUT2D eigenvalue weighted by Crippen LogP contribution is -2.69. The van der Waals surface area contributed by atoms with Crippen LogP contribution in [0.3, 0.4) is 0 Å².